The zero-order chi connectivity index (χ0) is 12.3. The highest BCUT2D eigenvalue weighted by Crippen LogP contribution is 2.23. The maximum atomic E-state index is 12.3. The first-order valence-electron chi connectivity index (χ1n) is 6.02. The normalized spacial score (nSPS) is 24.7. The van der Waals surface area contributed by atoms with Gasteiger partial charge < -0.3 is 10.6 Å². The average molecular weight is 234 g/mol. The molecule has 0 saturated carbocycles. The molecular weight excluding hydrogens is 216 g/mol. The predicted molar refractivity (Wildman–Crippen MR) is 64.4 cm³/mol. The molecule has 1 aromatic rings. The maximum absolute atomic E-state index is 12.3. The Morgan fingerprint density at radius 1 is 1.53 bits per heavy atom. The smallest absolute Gasteiger partial charge is 0.274 e. The predicted octanol–water partition coefficient (Wildman–Crippen LogP) is 0.818. The van der Waals surface area contributed by atoms with E-state index in [9.17, 15) is 4.79 Å². The van der Waals surface area contributed by atoms with E-state index in [1.807, 2.05) is 4.90 Å². The number of aromatic nitrogens is 2. The molecule has 0 aliphatic carbocycles. The zero-order valence-corrected chi connectivity index (χ0v) is 10.0. The maximum Gasteiger partial charge on any atom is 0.274 e. The fourth-order valence-electron chi connectivity index (χ4n) is 2.43. The minimum Gasteiger partial charge on any atom is -0.330 e. The highest BCUT2D eigenvalue weighted by molar-refractivity contribution is 5.92. The first-order chi connectivity index (χ1) is 8.24. The molecule has 92 valence electrons. The van der Waals surface area contributed by atoms with Crippen molar-refractivity contribution in [1.82, 2.24) is 14.9 Å². The number of piperidine rings is 1. The number of likely N-dealkylation sites (tertiary alicyclic amines) is 1. The number of hydrogen-bond donors (Lipinski definition) is 1. The Hall–Kier alpha value is -1.49. The van der Waals surface area contributed by atoms with Crippen molar-refractivity contribution in [3.05, 3.63) is 24.3 Å². The molecular formula is C12H18N4O. The van der Waals surface area contributed by atoms with Gasteiger partial charge in [-0.1, -0.05) is 0 Å². The summed E-state index contributed by atoms with van der Waals surface area (Å²) >= 11 is 0. The van der Waals surface area contributed by atoms with Crippen LogP contribution in [0, 0.1) is 0 Å². The molecule has 5 nitrogen and oxygen atoms in total. The lowest BCUT2D eigenvalue weighted by Gasteiger charge is -2.40. The lowest BCUT2D eigenvalue weighted by Crippen LogP contribution is -2.52. The summed E-state index contributed by atoms with van der Waals surface area (Å²) in [6.07, 6.45) is 7.76. The van der Waals surface area contributed by atoms with Crippen LogP contribution in [-0.4, -0.2) is 39.4 Å². The van der Waals surface area contributed by atoms with E-state index in [4.69, 9.17) is 5.73 Å². The van der Waals surface area contributed by atoms with E-state index in [1.54, 1.807) is 12.4 Å². The van der Waals surface area contributed by atoms with Gasteiger partial charge in [0.1, 0.15) is 5.69 Å². The Labute approximate surface area is 101 Å². The summed E-state index contributed by atoms with van der Waals surface area (Å²) in [5, 5.41) is 0. The van der Waals surface area contributed by atoms with Crippen molar-refractivity contribution in [2.45, 2.75) is 38.3 Å². The number of hydrogen-bond acceptors (Lipinski definition) is 4. The van der Waals surface area contributed by atoms with Gasteiger partial charge in [0, 0.05) is 31.0 Å². The summed E-state index contributed by atoms with van der Waals surface area (Å²) in [7, 11) is 0. The van der Waals surface area contributed by atoms with Crippen LogP contribution >= 0.6 is 0 Å². The standard InChI is InChI=1S/C12H18N4O/c1-9-3-2-4-10(7-13)16(9)12(17)11-8-14-5-6-15-11/h5-6,8-10H,2-4,7,13H2,1H3. The highest BCUT2D eigenvalue weighted by atomic mass is 16.2. The van der Waals surface area contributed by atoms with E-state index in [0.29, 0.717) is 12.2 Å². The second kappa shape index (κ2) is 5.23. The van der Waals surface area contributed by atoms with Gasteiger partial charge in [-0.15, -0.1) is 0 Å². The molecule has 2 heterocycles. The van der Waals surface area contributed by atoms with Gasteiger partial charge in [0.05, 0.1) is 6.20 Å². The first kappa shape index (κ1) is 12.0. The van der Waals surface area contributed by atoms with Crippen LogP contribution in [0.4, 0.5) is 0 Å². The van der Waals surface area contributed by atoms with Crippen LogP contribution in [0.3, 0.4) is 0 Å². The summed E-state index contributed by atoms with van der Waals surface area (Å²) in [5.41, 5.74) is 6.14. The van der Waals surface area contributed by atoms with E-state index in [1.165, 1.54) is 6.20 Å². The van der Waals surface area contributed by atoms with Gasteiger partial charge >= 0.3 is 0 Å². The van der Waals surface area contributed by atoms with Crippen LogP contribution in [0.15, 0.2) is 18.6 Å². The Balaban J connectivity index is 2.21. The van der Waals surface area contributed by atoms with Gasteiger partial charge in [0.15, 0.2) is 0 Å². The molecule has 1 amide bonds. The third kappa shape index (κ3) is 2.44. The fourth-order valence-corrected chi connectivity index (χ4v) is 2.43. The van der Waals surface area contributed by atoms with Crippen molar-refractivity contribution < 1.29 is 4.79 Å². The van der Waals surface area contributed by atoms with Crippen molar-refractivity contribution in [2.24, 2.45) is 5.73 Å². The Bertz CT molecular complexity index is 381. The van der Waals surface area contributed by atoms with Gasteiger partial charge in [-0.25, -0.2) is 4.98 Å². The molecule has 1 saturated heterocycles. The van der Waals surface area contributed by atoms with E-state index in [-0.39, 0.29) is 18.0 Å². The van der Waals surface area contributed by atoms with E-state index in [0.717, 1.165) is 19.3 Å². The number of nitrogens with two attached hydrogens (primary N) is 1. The molecule has 0 aromatic carbocycles. The van der Waals surface area contributed by atoms with Crippen LogP contribution < -0.4 is 5.73 Å². The van der Waals surface area contributed by atoms with E-state index >= 15 is 0 Å². The number of carbonyl (C=O) groups excluding carboxylic acids is 1. The van der Waals surface area contributed by atoms with Crippen molar-refractivity contribution in [2.75, 3.05) is 6.54 Å². The highest BCUT2D eigenvalue weighted by Gasteiger charge is 2.31. The third-order valence-corrected chi connectivity index (χ3v) is 3.32. The zero-order valence-electron chi connectivity index (χ0n) is 10.0. The van der Waals surface area contributed by atoms with Crippen molar-refractivity contribution in [3.63, 3.8) is 0 Å². The first-order valence-corrected chi connectivity index (χ1v) is 6.02. The van der Waals surface area contributed by atoms with Crippen LogP contribution in [0.1, 0.15) is 36.7 Å². The van der Waals surface area contributed by atoms with Gasteiger partial charge in [0.25, 0.3) is 5.91 Å². The fraction of sp³-hybridized carbons (Fsp3) is 0.583. The topological polar surface area (TPSA) is 72.1 Å². The van der Waals surface area contributed by atoms with Crippen LogP contribution in [0.5, 0.6) is 0 Å². The average Bonchev–Trinajstić information content (AvgIpc) is 2.38. The molecule has 2 rings (SSSR count). The molecule has 17 heavy (non-hydrogen) atoms. The van der Waals surface area contributed by atoms with Crippen LogP contribution in [0.2, 0.25) is 0 Å². The Morgan fingerprint density at radius 2 is 2.35 bits per heavy atom. The lowest BCUT2D eigenvalue weighted by atomic mass is 9.96. The summed E-state index contributed by atoms with van der Waals surface area (Å²) in [6, 6.07) is 0.361. The van der Waals surface area contributed by atoms with Crippen LogP contribution in [-0.2, 0) is 0 Å². The molecule has 5 heteroatoms. The van der Waals surface area contributed by atoms with Gasteiger partial charge in [0.2, 0.25) is 0 Å². The number of rotatable bonds is 2. The largest absolute Gasteiger partial charge is 0.330 e. The SMILES string of the molecule is CC1CCCC(CN)N1C(=O)c1cnccn1. The number of nitrogens with zero attached hydrogens (tertiary/aromatic N) is 3. The van der Waals surface area contributed by atoms with Gasteiger partial charge in [-0.3, -0.25) is 9.78 Å². The summed E-state index contributed by atoms with van der Waals surface area (Å²) in [4.78, 5) is 22.2. The quantitative estimate of drug-likeness (QED) is 0.822. The lowest BCUT2D eigenvalue weighted by molar-refractivity contribution is 0.0487. The molecule has 1 aromatic heterocycles. The van der Waals surface area contributed by atoms with Crippen molar-refractivity contribution in [3.8, 4) is 0 Å². The second-order valence-electron chi connectivity index (χ2n) is 4.47. The molecule has 1 aliphatic heterocycles. The third-order valence-electron chi connectivity index (χ3n) is 3.32. The summed E-state index contributed by atoms with van der Waals surface area (Å²) < 4.78 is 0. The van der Waals surface area contributed by atoms with Crippen molar-refractivity contribution in [1.29, 1.82) is 0 Å². The Kier molecular flexibility index (Phi) is 3.68. The monoisotopic (exact) mass is 234 g/mol. The second-order valence-corrected chi connectivity index (χ2v) is 4.47. The number of carbonyl (C=O) groups is 1. The van der Waals surface area contributed by atoms with Gasteiger partial charge in [-0.05, 0) is 26.2 Å². The minimum atomic E-state index is -0.0549. The molecule has 2 atom stereocenters. The minimum absolute atomic E-state index is 0.0549. The molecule has 2 unspecified atom stereocenters. The summed E-state index contributed by atoms with van der Waals surface area (Å²) in [6.45, 7) is 2.58. The molecule has 0 radical (unpaired) electrons. The van der Waals surface area contributed by atoms with E-state index in [2.05, 4.69) is 16.9 Å². The molecule has 0 spiro atoms. The van der Waals surface area contributed by atoms with Crippen LogP contribution in [0.25, 0.3) is 0 Å². The molecule has 2 N–H and O–H groups in total. The van der Waals surface area contributed by atoms with Gasteiger partial charge in [-0.2, -0.15) is 0 Å². The molecule has 1 fully saturated rings. The number of amides is 1. The molecule has 1 aliphatic rings. The molecule has 0 bridgehead atoms. The van der Waals surface area contributed by atoms with Crippen molar-refractivity contribution >= 4 is 5.91 Å². The Morgan fingerprint density at radius 3 is 3.00 bits per heavy atom. The summed E-state index contributed by atoms with van der Waals surface area (Å²) in [5.74, 6) is -0.0549. The van der Waals surface area contributed by atoms with E-state index < -0.39 is 0 Å².